The fraction of sp³-hybridized carbons (Fsp3) is 0.611. The lowest BCUT2D eigenvalue weighted by molar-refractivity contribution is 0.0174. The molecular weight excluding hydrogens is 424 g/mol. The Morgan fingerprint density at radius 1 is 1.46 bits per heavy atom. The van der Waals surface area contributed by atoms with Crippen molar-refractivity contribution in [2.24, 2.45) is 0 Å². The molecule has 144 valence electrons. The molecule has 1 fully saturated rings. The molecule has 2 heterocycles. The SMILES string of the molecule is CC(C)(C)OC(=O)N1C[C@@H](N2CCOc3cc(Cl)cc(Br)c32)C[C@@H]1CO. The second-order valence-corrected chi connectivity index (χ2v) is 8.93. The van der Waals surface area contributed by atoms with E-state index in [9.17, 15) is 9.90 Å². The van der Waals surface area contributed by atoms with Crippen molar-refractivity contribution in [2.75, 3.05) is 31.2 Å². The summed E-state index contributed by atoms with van der Waals surface area (Å²) in [6.45, 7) is 7.18. The van der Waals surface area contributed by atoms with Crippen LogP contribution < -0.4 is 9.64 Å². The summed E-state index contributed by atoms with van der Waals surface area (Å²) in [5, 5.41) is 10.4. The van der Waals surface area contributed by atoms with Gasteiger partial charge < -0.3 is 24.4 Å². The van der Waals surface area contributed by atoms with Gasteiger partial charge in [-0.3, -0.25) is 0 Å². The maximum atomic E-state index is 12.5. The first-order valence-electron chi connectivity index (χ1n) is 8.68. The van der Waals surface area contributed by atoms with Crippen molar-refractivity contribution in [1.29, 1.82) is 0 Å². The predicted molar refractivity (Wildman–Crippen MR) is 104 cm³/mol. The third-order valence-corrected chi connectivity index (χ3v) is 5.36. The van der Waals surface area contributed by atoms with Crippen LogP contribution in [0.1, 0.15) is 27.2 Å². The number of rotatable bonds is 2. The maximum absolute atomic E-state index is 12.5. The number of hydrogen-bond donors (Lipinski definition) is 1. The van der Waals surface area contributed by atoms with Gasteiger partial charge >= 0.3 is 6.09 Å². The van der Waals surface area contributed by atoms with Crippen LogP contribution in [0.3, 0.4) is 0 Å². The van der Waals surface area contributed by atoms with Gasteiger partial charge in [0.15, 0.2) is 0 Å². The molecule has 0 bridgehead atoms. The van der Waals surface area contributed by atoms with Gasteiger partial charge in [0.25, 0.3) is 0 Å². The number of nitrogens with zero attached hydrogens (tertiary/aromatic N) is 2. The number of anilines is 1. The number of ether oxygens (including phenoxy) is 2. The number of benzene rings is 1. The van der Waals surface area contributed by atoms with Gasteiger partial charge in [-0.25, -0.2) is 4.79 Å². The molecule has 0 aliphatic carbocycles. The Morgan fingerprint density at radius 2 is 2.19 bits per heavy atom. The third kappa shape index (κ3) is 4.05. The number of aliphatic hydroxyl groups is 1. The van der Waals surface area contributed by atoms with E-state index in [1.807, 2.05) is 26.8 Å². The first-order chi connectivity index (χ1) is 12.2. The second kappa shape index (κ2) is 7.44. The number of carbonyl (C=O) groups is 1. The van der Waals surface area contributed by atoms with Crippen molar-refractivity contribution in [3.8, 4) is 5.75 Å². The molecule has 2 aliphatic rings. The lowest BCUT2D eigenvalue weighted by Gasteiger charge is -2.36. The standard InChI is InChI=1S/C18H24BrClN2O4/c1-18(2,3)26-17(24)22-9-12(8-13(22)10-23)21-4-5-25-15-7-11(20)6-14(19)16(15)21/h6-7,12-13,23H,4-5,8-10H2,1-3H3/t12-,13+/m0/s1. The Morgan fingerprint density at radius 3 is 2.85 bits per heavy atom. The second-order valence-electron chi connectivity index (χ2n) is 7.63. The van der Waals surface area contributed by atoms with E-state index in [-0.39, 0.29) is 24.8 Å². The number of carbonyl (C=O) groups excluding carboxylic acids is 1. The molecule has 1 N–H and O–H groups in total. The van der Waals surface area contributed by atoms with E-state index < -0.39 is 5.60 Å². The quantitative estimate of drug-likeness (QED) is 0.749. The van der Waals surface area contributed by atoms with Gasteiger partial charge in [0, 0.05) is 28.1 Å². The molecule has 1 amide bonds. The van der Waals surface area contributed by atoms with Crippen LogP contribution in [-0.2, 0) is 4.74 Å². The summed E-state index contributed by atoms with van der Waals surface area (Å²) in [6.07, 6.45) is 0.284. The number of aliphatic hydroxyl groups excluding tert-OH is 1. The molecule has 6 nitrogen and oxygen atoms in total. The molecule has 0 saturated carbocycles. The van der Waals surface area contributed by atoms with Crippen molar-refractivity contribution < 1.29 is 19.4 Å². The molecule has 0 radical (unpaired) electrons. The van der Waals surface area contributed by atoms with Crippen LogP contribution in [0.15, 0.2) is 16.6 Å². The van der Waals surface area contributed by atoms with Crippen LogP contribution in [0.4, 0.5) is 10.5 Å². The largest absolute Gasteiger partial charge is 0.489 e. The van der Waals surface area contributed by atoms with Crippen LogP contribution >= 0.6 is 27.5 Å². The molecule has 0 aromatic heterocycles. The molecule has 0 unspecified atom stereocenters. The highest BCUT2D eigenvalue weighted by Gasteiger charge is 2.41. The van der Waals surface area contributed by atoms with Gasteiger partial charge in [0.2, 0.25) is 0 Å². The average Bonchev–Trinajstić information content (AvgIpc) is 2.96. The highest BCUT2D eigenvalue weighted by molar-refractivity contribution is 9.10. The summed E-state index contributed by atoms with van der Waals surface area (Å²) in [4.78, 5) is 16.4. The van der Waals surface area contributed by atoms with E-state index in [1.54, 1.807) is 11.0 Å². The zero-order chi connectivity index (χ0) is 19.1. The molecule has 2 atom stereocenters. The van der Waals surface area contributed by atoms with Crippen LogP contribution in [0.5, 0.6) is 5.75 Å². The first kappa shape index (κ1) is 19.6. The maximum Gasteiger partial charge on any atom is 0.410 e. The van der Waals surface area contributed by atoms with Gasteiger partial charge in [-0.05, 0) is 49.2 Å². The minimum absolute atomic E-state index is 0.0693. The average molecular weight is 448 g/mol. The highest BCUT2D eigenvalue weighted by Crippen LogP contribution is 2.43. The zero-order valence-electron chi connectivity index (χ0n) is 15.2. The van der Waals surface area contributed by atoms with Crippen molar-refractivity contribution in [3.63, 3.8) is 0 Å². The molecule has 1 aromatic rings. The van der Waals surface area contributed by atoms with E-state index in [4.69, 9.17) is 21.1 Å². The zero-order valence-corrected chi connectivity index (χ0v) is 17.5. The summed E-state index contributed by atoms with van der Waals surface area (Å²) in [7, 11) is 0. The van der Waals surface area contributed by atoms with Crippen LogP contribution in [0.2, 0.25) is 5.02 Å². The molecule has 1 aromatic carbocycles. The van der Waals surface area contributed by atoms with Crippen molar-refractivity contribution in [1.82, 2.24) is 4.90 Å². The van der Waals surface area contributed by atoms with Crippen LogP contribution in [-0.4, -0.2) is 60.1 Å². The van der Waals surface area contributed by atoms with E-state index in [0.717, 1.165) is 15.9 Å². The summed E-state index contributed by atoms with van der Waals surface area (Å²) >= 11 is 9.71. The summed E-state index contributed by atoms with van der Waals surface area (Å²) in [5.41, 5.74) is 0.369. The Bertz CT molecular complexity index is 695. The minimum atomic E-state index is -0.569. The molecule has 0 spiro atoms. The topological polar surface area (TPSA) is 62.2 Å². The smallest absolute Gasteiger partial charge is 0.410 e. The number of amides is 1. The monoisotopic (exact) mass is 446 g/mol. The molecule has 2 aliphatic heterocycles. The Labute approximate surface area is 167 Å². The van der Waals surface area contributed by atoms with Gasteiger partial charge in [-0.2, -0.15) is 0 Å². The molecule has 1 saturated heterocycles. The summed E-state index contributed by atoms with van der Waals surface area (Å²) in [5.74, 6) is 0.729. The van der Waals surface area contributed by atoms with E-state index >= 15 is 0 Å². The molecular formula is C18H24BrClN2O4. The Balaban J connectivity index is 1.83. The summed E-state index contributed by atoms with van der Waals surface area (Å²) in [6, 6.07) is 3.46. The minimum Gasteiger partial charge on any atom is -0.489 e. The highest BCUT2D eigenvalue weighted by atomic mass is 79.9. The van der Waals surface area contributed by atoms with Crippen LogP contribution in [0, 0.1) is 0 Å². The first-order valence-corrected chi connectivity index (χ1v) is 9.85. The number of fused-ring (bicyclic) bond motifs is 1. The molecule has 26 heavy (non-hydrogen) atoms. The van der Waals surface area contributed by atoms with E-state index in [2.05, 4.69) is 20.8 Å². The van der Waals surface area contributed by atoms with Crippen molar-refractivity contribution in [3.05, 3.63) is 21.6 Å². The number of halogens is 2. The number of hydrogen-bond acceptors (Lipinski definition) is 5. The number of likely N-dealkylation sites (tertiary alicyclic amines) is 1. The summed E-state index contributed by atoms with van der Waals surface area (Å²) < 4.78 is 12.1. The Kier molecular flexibility index (Phi) is 5.61. The van der Waals surface area contributed by atoms with Crippen molar-refractivity contribution in [2.45, 2.75) is 44.9 Å². The Hall–Kier alpha value is -1.18. The third-order valence-electron chi connectivity index (χ3n) is 4.54. The van der Waals surface area contributed by atoms with E-state index in [1.165, 1.54) is 0 Å². The molecule has 3 rings (SSSR count). The fourth-order valence-corrected chi connectivity index (χ4v) is 4.51. The molecule has 8 heteroatoms. The van der Waals surface area contributed by atoms with Gasteiger partial charge in [-0.1, -0.05) is 11.6 Å². The van der Waals surface area contributed by atoms with E-state index in [0.29, 0.717) is 31.1 Å². The van der Waals surface area contributed by atoms with Crippen molar-refractivity contribution >= 4 is 39.3 Å². The lowest BCUT2D eigenvalue weighted by atomic mass is 10.1. The normalized spacial score (nSPS) is 22.8. The van der Waals surface area contributed by atoms with Crippen LogP contribution in [0.25, 0.3) is 0 Å². The van der Waals surface area contributed by atoms with Gasteiger partial charge in [-0.15, -0.1) is 0 Å². The van der Waals surface area contributed by atoms with Gasteiger partial charge in [0.1, 0.15) is 18.0 Å². The van der Waals surface area contributed by atoms with Gasteiger partial charge in [0.05, 0.1) is 24.9 Å². The predicted octanol–water partition coefficient (Wildman–Crippen LogP) is 3.67. The lowest BCUT2D eigenvalue weighted by Crippen LogP contribution is -2.44. The fourth-order valence-electron chi connectivity index (χ4n) is 3.50.